The van der Waals surface area contributed by atoms with Crippen LogP contribution in [-0.2, 0) is 4.79 Å². The maximum absolute atomic E-state index is 13.2. The molecule has 1 saturated heterocycles. The molecule has 8 nitrogen and oxygen atoms in total. The van der Waals surface area contributed by atoms with E-state index in [4.69, 9.17) is 5.26 Å². The van der Waals surface area contributed by atoms with Crippen molar-refractivity contribution in [1.29, 1.82) is 5.26 Å². The highest BCUT2D eigenvalue weighted by atomic mass is 16.3. The van der Waals surface area contributed by atoms with Crippen LogP contribution in [0.15, 0.2) is 42.9 Å². The molecule has 2 aromatic heterocycles. The minimum atomic E-state index is -0.518. The monoisotopic (exact) mass is 416 g/mol. The number of aliphatic hydroxyl groups excluding tert-OH is 1. The Morgan fingerprint density at radius 2 is 2.26 bits per heavy atom. The fourth-order valence-electron chi connectivity index (χ4n) is 4.86. The molecule has 3 N–H and O–H groups in total. The number of amides is 1. The number of fused-ring (bicyclic) bond motifs is 1. The summed E-state index contributed by atoms with van der Waals surface area (Å²) in [5, 5.41) is 23.0. The summed E-state index contributed by atoms with van der Waals surface area (Å²) < 4.78 is 0. The number of H-pyrrole nitrogens is 1. The number of nitrogens with zero attached hydrogens (tertiary/aromatic N) is 4. The fraction of sp³-hybridized carbons (Fsp3) is 0.391. The summed E-state index contributed by atoms with van der Waals surface area (Å²) in [6.07, 6.45) is 6.20. The number of carbonyl (C=O) groups is 1. The van der Waals surface area contributed by atoms with Crippen molar-refractivity contribution in [3.05, 3.63) is 54.0 Å². The highest BCUT2D eigenvalue weighted by Gasteiger charge is 2.55. The molecule has 0 unspecified atom stereocenters. The molecule has 158 valence electrons. The first-order valence-corrected chi connectivity index (χ1v) is 10.6. The second-order valence-electron chi connectivity index (χ2n) is 8.54. The zero-order valence-electron chi connectivity index (χ0n) is 17.1. The van der Waals surface area contributed by atoms with Gasteiger partial charge in [-0.3, -0.25) is 4.79 Å². The molecule has 3 aromatic rings. The lowest BCUT2D eigenvalue weighted by molar-refractivity contribution is -0.129. The minimum absolute atomic E-state index is 0.0203. The van der Waals surface area contributed by atoms with Crippen LogP contribution in [0, 0.1) is 22.7 Å². The Balaban J connectivity index is 1.32. The van der Waals surface area contributed by atoms with E-state index in [2.05, 4.69) is 31.2 Å². The number of aromatic amines is 1. The lowest BCUT2D eigenvalue weighted by Crippen LogP contribution is -2.49. The van der Waals surface area contributed by atoms with Gasteiger partial charge in [-0.05, 0) is 48.4 Å². The van der Waals surface area contributed by atoms with Gasteiger partial charge in [0.05, 0.1) is 29.7 Å². The minimum Gasteiger partial charge on any atom is -0.394 e. The molecule has 0 radical (unpaired) electrons. The molecule has 2 fully saturated rings. The smallest absolute Gasteiger partial charge is 0.224 e. The van der Waals surface area contributed by atoms with Crippen molar-refractivity contribution in [3.63, 3.8) is 0 Å². The Bertz CT molecular complexity index is 1160. The number of benzene rings is 1. The first kappa shape index (κ1) is 19.5. The highest BCUT2D eigenvalue weighted by molar-refractivity contribution is 5.88. The second kappa shape index (κ2) is 7.67. The Labute approximate surface area is 179 Å². The topological polar surface area (TPSA) is 118 Å². The van der Waals surface area contributed by atoms with Gasteiger partial charge in [0.2, 0.25) is 5.91 Å². The molecular weight excluding hydrogens is 392 g/mol. The third-order valence-electron chi connectivity index (χ3n) is 6.69. The number of anilines is 1. The molecule has 1 amide bonds. The predicted octanol–water partition coefficient (Wildman–Crippen LogP) is 2.29. The number of aromatic nitrogens is 3. The average molecular weight is 416 g/mol. The van der Waals surface area contributed by atoms with E-state index in [0.29, 0.717) is 5.56 Å². The zero-order valence-corrected chi connectivity index (χ0v) is 17.1. The van der Waals surface area contributed by atoms with Crippen LogP contribution in [0.4, 0.5) is 5.82 Å². The van der Waals surface area contributed by atoms with Crippen molar-refractivity contribution >= 4 is 22.8 Å². The van der Waals surface area contributed by atoms with Crippen LogP contribution in [0.5, 0.6) is 0 Å². The van der Waals surface area contributed by atoms with E-state index in [1.165, 1.54) is 0 Å². The van der Waals surface area contributed by atoms with Crippen LogP contribution in [-0.4, -0.2) is 45.7 Å². The van der Waals surface area contributed by atoms with Crippen LogP contribution < -0.4 is 10.2 Å². The maximum Gasteiger partial charge on any atom is 0.224 e. The number of nitriles is 1. The number of aliphatic hydroxyl groups is 1. The van der Waals surface area contributed by atoms with E-state index in [9.17, 15) is 9.90 Å². The van der Waals surface area contributed by atoms with Gasteiger partial charge in [-0.15, -0.1) is 0 Å². The van der Waals surface area contributed by atoms with Crippen molar-refractivity contribution in [2.24, 2.45) is 11.3 Å². The van der Waals surface area contributed by atoms with Crippen molar-refractivity contribution < 1.29 is 9.90 Å². The second-order valence-corrected chi connectivity index (χ2v) is 8.54. The SMILES string of the molecule is N#Cc1cccc([C@H](CO)NC(=O)[C@H]2CCN(c3ncnc4[nH]ccc34)CC23CC3)c1. The molecular formula is C23H24N6O2. The molecule has 1 aliphatic carbocycles. The summed E-state index contributed by atoms with van der Waals surface area (Å²) in [5.74, 6) is 0.798. The van der Waals surface area contributed by atoms with Crippen molar-refractivity contribution in [2.45, 2.75) is 25.3 Å². The maximum atomic E-state index is 13.2. The van der Waals surface area contributed by atoms with Crippen LogP contribution in [0.3, 0.4) is 0 Å². The van der Waals surface area contributed by atoms with Gasteiger partial charge in [0.15, 0.2) is 0 Å². The van der Waals surface area contributed by atoms with Gasteiger partial charge in [0.25, 0.3) is 0 Å². The Hall–Kier alpha value is -3.44. The Kier molecular flexibility index (Phi) is 4.83. The number of piperidine rings is 1. The number of hydrogen-bond acceptors (Lipinski definition) is 6. The summed E-state index contributed by atoms with van der Waals surface area (Å²) >= 11 is 0. The molecule has 5 rings (SSSR count). The zero-order chi connectivity index (χ0) is 21.4. The van der Waals surface area contributed by atoms with Crippen molar-refractivity contribution in [3.8, 4) is 6.07 Å². The Morgan fingerprint density at radius 3 is 3.03 bits per heavy atom. The molecule has 2 atom stereocenters. The average Bonchev–Trinajstić information content (AvgIpc) is 3.38. The molecule has 1 aliphatic heterocycles. The van der Waals surface area contributed by atoms with Crippen LogP contribution in [0.25, 0.3) is 11.0 Å². The van der Waals surface area contributed by atoms with Crippen LogP contribution in [0.2, 0.25) is 0 Å². The molecule has 1 spiro atoms. The fourth-order valence-corrected chi connectivity index (χ4v) is 4.86. The number of carbonyl (C=O) groups excluding carboxylic acids is 1. The van der Waals surface area contributed by atoms with Gasteiger partial charge in [0, 0.05) is 25.2 Å². The Morgan fingerprint density at radius 1 is 1.39 bits per heavy atom. The molecule has 0 bridgehead atoms. The van der Waals surface area contributed by atoms with Crippen molar-refractivity contribution in [2.75, 3.05) is 24.6 Å². The van der Waals surface area contributed by atoms with Gasteiger partial charge in [-0.1, -0.05) is 12.1 Å². The third kappa shape index (κ3) is 3.51. The van der Waals surface area contributed by atoms with Crippen LogP contribution in [0.1, 0.15) is 36.4 Å². The summed E-state index contributed by atoms with van der Waals surface area (Å²) in [7, 11) is 0. The first-order valence-electron chi connectivity index (χ1n) is 10.6. The van der Waals surface area contributed by atoms with E-state index in [0.717, 1.165) is 54.8 Å². The molecule has 3 heterocycles. The van der Waals surface area contributed by atoms with Gasteiger partial charge >= 0.3 is 0 Å². The molecule has 1 saturated carbocycles. The molecule has 2 aliphatic rings. The van der Waals surface area contributed by atoms with Crippen LogP contribution >= 0.6 is 0 Å². The van der Waals surface area contributed by atoms with Crippen molar-refractivity contribution in [1.82, 2.24) is 20.3 Å². The largest absolute Gasteiger partial charge is 0.394 e. The first-order chi connectivity index (χ1) is 15.1. The number of rotatable bonds is 5. The summed E-state index contributed by atoms with van der Waals surface area (Å²) in [5.41, 5.74) is 2.02. The van der Waals surface area contributed by atoms with E-state index < -0.39 is 6.04 Å². The molecule has 1 aromatic carbocycles. The third-order valence-corrected chi connectivity index (χ3v) is 6.69. The van der Waals surface area contributed by atoms with Gasteiger partial charge in [0.1, 0.15) is 17.8 Å². The van der Waals surface area contributed by atoms with E-state index in [1.807, 2.05) is 18.3 Å². The van der Waals surface area contributed by atoms with Gasteiger partial charge < -0.3 is 20.3 Å². The summed E-state index contributed by atoms with van der Waals surface area (Å²) in [4.78, 5) is 27.4. The lowest BCUT2D eigenvalue weighted by Gasteiger charge is -2.39. The number of hydrogen-bond donors (Lipinski definition) is 3. The summed E-state index contributed by atoms with van der Waals surface area (Å²) in [6, 6.07) is 10.6. The normalized spacial score (nSPS) is 20.4. The standard InChI is InChI=1S/C23H24N6O2/c24-11-15-2-1-3-16(10-15)19(12-30)28-22(31)18-5-9-29(13-23(18)6-7-23)21-17-4-8-25-20(17)26-14-27-21/h1-4,8,10,14,18-19,30H,5-7,9,12-13H2,(H,28,31)(H,25,26,27)/t18-,19+/m1/s1. The number of nitrogens with one attached hydrogen (secondary N) is 2. The quantitative estimate of drug-likeness (QED) is 0.587. The lowest BCUT2D eigenvalue weighted by atomic mass is 9.81. The van der Waals surface area contributed by atoms with E-state index in [1.54, 1.807) is 24.5 Å². The predicted molar refractivity (Wildman–Crippen MR) is 115 cm³/mol. The molecule has 8 heteroatoms. The van der Waals surface area contributed by atoms with Gasteiger partial charge in [-0.2, -0.15) is 5.26 Å². The summed E-state index contributed by atoms with van der Waals surface area (Å²) in [6.45, 7) is 1.32. The van der Waals surface area contributed by atoms with Gasteiger partial charge in [-0.25, -0.2) is 9.97 Å². The molecule has 31 heavy (non-hydrogen) atoms. The van der Waals surface area contributed by atoms with E-state index in [-0.39, 0.29) is 23.8 Å². The highest BCUT2D eigenvalue weighted by Crippen LogP contribution is 2.56. The van der Waals surface area contributed by atoms with E-state index >= 15 is 0 Å².